The van der Waals surface area contributed by atoms with Crippen molar-refractivity contribution in [2.24, 2.45) is 5.92 Å². The summed E-state index contributed by atoms with van der Waals surface area (Å²) in [5, 5.41) is 7.53. The highest BCUT2D eigenvalue weighted by molar-refractivity contribution is 6.44. The van der Waals surface area contributed by atoms with Gasteiger partial charge in [0.2, 0.25) is 5.78 Å². The fourth-order valence-corrected chi connectivity index (χ4v) is 2.58. The molecule has 5 nitrogen and oxygen atoms in total. The molecule has 1 unspecified atom stereocenters. The van der Waals surface area contributed by atoms with Gasteiger partial charge >= 0.3 is 0 Å². The average Bonchev–Trinajstić information content (AvgIpc) is 2.69. The Morgan fingerprint density at radius 1 is 1.29 bits per heavy atom. The molecule has 0 aromatic heterocycles. The fourth-order valence-electron chi connectivity index (χ4n) is 2.58. The fraction of sp³-hybridized carbons (Fsp3) is 0.304. The van der Waals surface area contributed by atoms with Gasteiger partial charge in [0, 0.05) is 5.92 Å². The van der Waals surface area contributed by atoms with E-state index in [1.54, 1.807) is 24.3 Å². The van der Waals surface area contributed by atoms with E-state index >= 15 is 0 Å². The normalized spacial score (nSPS) is 11.7. The number of carbonyl (C=O) groups excluding carboxylic acids is 3. The van der Waals surface area contributed by atoms with Crippen molar-refractivity contribution in [2.45, 2.75) is 33.1 Å². The minimum Gasteiger partial charge on any atom is -0.496 e. The molecule has 148 valence electrons. The van der Waals surface area contributed by atoms with E-state index in [2.05, 4.69) is 13.2 Å². The number of carbonyl (C=O) groups is 3. The second kappa shape index (κ2) is 10.9. The van der Waals surface area contributed by atoms with E-state index in [9.17, 15) is 14.4 Å². The van der Waals surface area contributed by atoms with E-state index in [1.807, 2.05) is 6.92 Å². The predicted molar refractivity (Wildman–Crippen MR) is 112 cm³/mol. The van der Waals surface area contributed by atoms with Crippen LogP contribution in [0.1, 0.15) is 49.0 Å². The van der Waals surface area contributed by atoms with E-state index in [-0.39, 0.29) is 23.2 Å². The lowest BCUT2D eigenvalue weighted by Gasteiger charge is -2.09. The van der Waals surface area contributed by atoms with E-state index in [0.29, 0.717) is 41.7 Å². The zero-order valence-corrected chi connectivity index (χ0v) is 16.7. The topological polar surface area (TPSA) is 84.3 Å². The molecule has 0 saturated carbocycles. The maximum Gasteiger partial charge on any atom is 0.209 e. The van der Waals surface area contributed by atoms with Crippen LogP contribution in [-0.2, 0) is 9.59 Å². The van der Waals surface area contributed by atoms with Gasteiger partial charge in [0.25, 0.3) is 0 Å². The second-order valence-electron chi connectivity index (χ2n) is 6.61. The summed E-state index contributed by atoms with van der Waals surface area (Å²) >= 11 is 0. The molecule has 28 heavy (non-hydrogen) atoms. The maximum atomic E-state index is 12.3. The van der Waals surface area contributed by atoms with Crippen molar-refractivity contribution in [2.75, 3.05) is 7.11 Å². The standard InChI is InChI=1S/C23H27NO4/c1-6-20(25)15(2)8-7-9-16(3)21(26)12-10-18-11-13-22(28-5)19(14-18)23(27)17(4)24/h6,10-14,16,24H,1-2,7-9H2,3-5H3. The van der Waals surface area contributed by atoms with E-state index in [0.717, 1.165) is 0 Å². The van der Waals surface area contributed by atoms with Crippen LogP contribution in [0.4, 0.5) is 0 Å². The maximum absolute atomic E-state index is 12.3. The van der Waals surface area contributed by atoms with Crippen molar-refractivity contribution >= 4 is 29.1 Å². The smallest absolute Gasteiger partial charge is 0.209 e. The van der Waals surface area contributed by atoms with Crippen LogP contribution in [0.3, 0.4) is 0 Å². The van der Waals surface area contributed by atoms with Crippen LogP contribution in [0.5, 0.6) is 5.75 Å². The van der Waals surface area contributed by atoms with Crippen LogP contribution < -0.4 is 4.74 Å². The molecule has 0 fully saturated rings. The van der Waals surface area contributed by atoms with Crippen molar-refractivity contribution < 1.29 is 19.1 Å². The first-order valence-corrected chi connectivity index (χ1v) is 9.05. The van der Waals surface area contributed by atoms with E-state index < -0.39 is 5.78 Å². The monoisotopic (exact) mass is 381 g/mol. The van der Waals surface area contributed by atoms with Gasteiger partial charge in [0.05, 0.1) is 18.4 Å². The molecule has 0 saturated heterocycles. The molecule has 1 N–H and O–H groups in total. The number of hydrogen-bond donors (Lipinski definition) is 1. The summed E-state index contributed by atoms with van der Waals surface area (Å²) in [6.07, 6.45) is 6.26. The third-order valence-corrected chi connectivity index (χ3v) is 4.38. The number of methoxy groups -OCH3 is 1. The highest BCUT2D eigenvalue weighted by atomic mass is 16.5. The van der Waals surface area contributed by atoms with Gasteiger partial charge in [-0.25, -0.2) is 0 Å². The Labute approximate surface area is 166 Å². The van der Waals surface area contributed by atoms with Gasteiger partial charge in [-0.05, 0) is 61.6 Å². The SMILES string of the molecule is C=CC(=O)C(=C)CCCC(C)C(=O)C=Cc1ccc(OC)c(C(=O)C(C)=N)c1. The van der Waals surface area contributed by atoms with Gasteiger partial charge in [0.15, 0.2) is 11.6 Å². The lowest BCUT2D eigenvalue weighted by molar-refractivity contribution is -0.117. The van der Waals surface area contributed by atoms with Crippen LogP contribution in [0.2, 0.25) is 0 Å². The zero-order valence-electron chi connectivity index (χ0n) is 16.7. The molecule has 0 heterocycles. The van der Waals surface area contributed by atoms with E-state index in [4.69, 9.17) is 10.1 Å². The quantitative estimate of drug-likeness (QED) is 0.325. The summed E-state index contributed by atoms with van der Waals surface area (Å²) in [6.45, 7) is 10.4. The molecule has 0 spiro atoms. The van der Waals surface area contributed by atoms with Gasteiger partial charge in [0.1, 0.15) is 5.75 Å². The first-order chi connectivity index (χ1) is 13.2. The molecule has 5 heteroatoms. The van der Waals surface area contributed by atoms with Crippen LogP contribution in [0.15, 0.2) is 49.1 Å². The summed E-state index contributed by atoms with van der Waals surface area (Å²) < 4.78 is 5.18. The molecule has 1 atom stereocenters. The Morgan fingerprint density at radius 3 is 2.54 bits per heavy atom. The highest BCUT2D eigenvalue weighted by Gasteiger charge is 2.15. The summed E-state index contributed by atoms with van der Waals surface area (Å²) in [6, 6.07) is 5.00. The average molecular weight is 381 g/mol. The Bertz CT molecular complexity index is 833. The first kappa shape index (κ1) is 23.0. The molecule has 0 aliphatic rings. The van der Waals surface area contributed by atoms with Crippen LogP contribution in [-0.4, -0.2) is 30.2 Å². The highest BCUT2D eigenvalue weighted by Crippen LogP contribution is 2.22. The number of allylic oxidation sites excluding steroid dienone is 3. The third-order valence-electron chi connectivity index (χ3n) is 4.38. The van der Waals surface area contributed by atoms with Crippen molar-refractivity contribution in [3.05, 3.63) is 60.2 Å². The van der Waals surface area contributed by atoms with Gasteiger partial charge in [-0.1, -0.05) is 32.2 Å². The van der Waals surface area contributed by atoms with Crippen molar-refractivity contribution in [1.29, 1.82) is 5.41 Å². The molecule has 0 amide bonds. The Morgan fingerprint density at radius 2 is 1.96 bits per heavy atom. The molecule has 0 radical (unpaired) electrons. The molecule has 0 aliphatic carbocycles. The number of hydrogen-bond acceptors (Lipinski definition) is 5. The summed E-state index contributed by atoms with van der Waals surface area (Å²) in [5.74, 6) is -0.411. The lowest BCUT2D eigenvalue weighted by atomic mass is 9.96. The van der Waals surface area contributed by atoms with Crippen LogP contribution in [0.25, 0.3) is 6.08 Å². The van der Waals surface area contributed by atoms with Crippen LogP contribution >= 0.6 is 0 Å². The van der Waals surface area contributed by atoms with Crippen molar-refractivity contribution in [1.82, 2.24) is 0 Å². The molecular formula is C23H27NO4. The number of benzene rings is 1. The first-order valence-electron chi connectivity index (χ1n) is 9.05. The number of ether oxygens (including phenoxy) is 1. The molecular weight excluding hydrogens is 354 g/mol. The van der Waals surface area contributed by atoms with Gasteiger partial charge in [-0.3, -0.25) is 14.4 Å². The molecule has 1 rings (SSSR count). The Hall–Kier alpha value is -3.08. The molecule has 1 aromatic carbocycles. The molecule has 0 bridgehead atoms. The number of ketones is 3. The predicted octanol–water partition coefficient (Wildman–Crippen LogP) is 4.62. The number of rotatable bonds is 12. The minimum absolute atomic E-state index is 0.0346. The largest absolute Gasteiger partial charge is 0.496 e. The van der Waals surface area contributed by atoms with Gasteiger partial charge in [-0.15, -0.1) is 0 Å². The van der Waals surface area contributed by atoms with Gasteiger partial charge < -0.3 is 10.1 Å². The molecule has 1 aromatic rings. The second-order valence-corrected chi connectivity index (χ2v) is 6.61. The van der Waals surface area contributed by atoms with Crippen LogP contribution in [0, 0.1) is 11.3 Å². The van der Waals surface area contributed by atoms with Gasteiger partial charge in [-0.2, -0.15) is 0 Å². The van der Waals surface area contributed by atoms with Crippen molar-refractivity contribution in [3.63, 3.8) is 0 Å². The van der Waals surface area contributed by atoms with E-state index in [1.165, 1.54) is 26.2 Å². The number of nitrogens with one attached hydrogen (secondary N) is 1. The third kappa shape index (κ3) is 6.58. The Kier molecular flexibility index (Phi) is 8.96. The minimum atomic E-state index is -0.416. The molecule has 0 aliphatic heterocycles. The summed E-state index contributed by atoms with van der Waals surface area (Å²) in [7, 11) is 1.46. The lowest BCUT2D eigenvalue weighted by Crippen LogP contribution is -2.11. The van der Waals surface area contributed by atoms with Crippen molar-refractivity contribution in [3.8, 4) is 5.75 Å². The zero-order chi connectivity index (χ0) is 21.3. The summed E-state index contributed by atoms with van der Waals surface area (Å²) in [4.78, 5) is 35.8. The Balaban J connectivity index is 2.75. The summed E-state index contributed by atoms with van der Waals surface area (Å²) in [5.41, 5.74) is 1.39. The number of Topliss-reactive ketones (excluding diaryl/α,β-unsaturated/α-hetero) is 1.